The van der Waals surface area contributed by atoms with Crippen molar-refractivity contribution < 1.29 is 4.79 Å². The molecule has 0 unspecified atom stereocenters. The third kappa shape index (κ3) is 1.56. The van der Waals surface area contributed by atoms with Crippen molar-refractivity contribution in [1.82, 2.24) is 4.57 Å². The van der Waals surface area contributed by atoms with Crippen LogP contribution < -0.4 is 0 Å². The number of rotatable bonds is 2. The van der Waals surface area contributed by atoms with Gasteiger partial charge in [-0.2, -0.15) is 0 Å². The Labute approximate surface area is 86.7 Å². The molecular weight excluding hydrogens is 202 g/mol. The summed E-state index contributed by atoms with van der Waals surface area (Å²) >= 11 is 5.77. The maximum atomic E-state index is 10.7. The van der Waals surface area contributed by atoms with E-state index < -0.39 is 0 Å². The first-order valence-electron chi connectivity index (χ1n) is 4.20. The Morgan fingerprint density at radius 2 is 1.86 bits per heavy atom. The summed E-state index contributed by atoms with van der Waals surface area (Å²) in [5.74, 6) is 0. The summed E-state index contributed by atoms with van der Waals surface area (Å²) in [6.45, 7) is 0. The number of benzene rings is 1. The number of hydrogen-bond acceptors (Lipinski definition) is 1. The van der Waals surface area contributed by atoms with Gasteiger partial charge in [-0.3, -0.25) is 4.79 Å². The van der Waals surface area contributed by atoms with Crippen molar-refractivity contribution in [2.75, 3.05) is 0 Å². The van der Waals surface area contributed by atoms with E-state index >= 15 is 0 Å². The Morgan fingerprint density at radius 1 is 1.14 bits per heavy atom. The number of carbonyl (C=O) groups excluding carboxylic acids is 1. The number of nitrogens with zero attached hydrogens (tertiary/aromatic N) is 1. The second kappa shape index (κ2) is 3.68. The molecule has 0 radical (unpaired) electrons. The summed E-state index contributed by atoms with van der Waals surface area (Å²) < 4.78 is 1.81. The van der Waals surface area contributed by atoms with Gasteiger partial charge in [0.1, 0.15) is 0 Å². The van der Waals surface area contributed by atoms with Gasteiger partial charge in [-0.1, -0.05) is 11.6 Å². The Hall–Kier alpha value is -1.54. The first-order valence-corrected chi connectivity index (χ1v) is 4.57. The quantitative estimate of drug-likeness (QED) is 0.697. The molecule has 0 fully saturated rings. The molecule has 14 heavy (non-hydrogen) atoms. The van der Waals surface area contributed by atoms with E-state index in [1.54, 1.807) is 18.2 Å². The summed E-state index contributed by atoms with van der Waals surface area (Å²) in [6.07, 6.45) is 2.67. The van der Waals surface area contributed by atoms with Crippen LogP contribution in [0.5, 0.6) is 0 Å². The second-order valence-electron chi connectivity index (χ2n) is 2.90. The maximum Gasteiger partial charge on any atom is 0.166 e. The molecule has 2 rings (SSSR count). The topological polar surface area (TPSA) is 22.0 Å². The molecule has 0 N–H and O–H groups in total. The van der Waals surface area contributed by atoms with E-state index in [0.717, 1.165) is 12.0 Å². The number of aromatic nitrogens is 1. The van der Waals surface area contributed by atoms with Crippen molar-refractivity contribution in [3.63, 3.8) is 0 Å². The molecule has 70 valence electrons. The number of aldehydes is 1. The predicted octanol–water partition coefficient (Wildman–Crippen LogP) is 2.94. The van der Waals surface area contributed by atoms with Crippen LogP contribution in [0.15, 0.2) is 42.6 Å². The fraction of sp³-hybridized carbons (Fsp3) is 0. The Bertz CT molecular complexity index is 445. The van der Waals surface area contributed by atoms with Gasteiger partial charge in [-0.05, 0) is 36.4 Å². The molecule has 0 bridgehead atoms. The van der Waals surface area contributed by atoms with Gasteiger partial charge in [0.25, 0.3) is 0 Å². The van der Waals surface area contributed by atoms with Crippen LogP contribution in [-0.2, 0) is 0 Å². The zero-order valence-corrected chi connectivity index (χ0v) is 8.11. The number of carbonyl (C=O) groups is 1. The molecular formula is C11H8ClNO. The van der Waals surface area contributed by atoms with Gasteiger partial charge in [0, 0.05) is 16.9 Å². The van der Waals surface area contributed by atoms with Crippen LogP contribution in [0.2, 0.25) is 5.02 Å². The highest BCUT2D eigenvalue weighted by atomic mass is 35.5. The van der Waals surface area contributed by atoms with Crippen molar-refractivity contribution in [2.45, 2.75) is 0 Å². The first-order chi connectivity index (χ1) is 6.81. The van der Waals surface area contributed by atoms with Crippen LogP contribution in [0, 0.1) is 0 Å². The molecule has 0 saturated carbocycles. The summed E-state index contributed by atoms with van der Waals surface area (Å²) in [6, 6.07) is 10.9. The smallest absolute Gasteiger partial charge is 0.166 e. The molecule has 1 aromatic carbocycles. The van der Waals surface area contributed by atoms with E-state index in [2.05, 4.69) is 0 Å². The maximum absolute atomic E-state index is 10.7. The van der Waals surface area contributed by atoms with Crippen molar-refractivity contribution in [1.29, 1.82) is 0 Å². The van der Waals surface area contributed by atoms with Gasteiger partial charge in [0.15, 0.2) is 6.29 Å². The molecule has 1 heterocycles. The van der Waals surface area contributed by atoms with Crippen LogP contribution in [0.25, 0.3) is 5.69 Å². The predicted molar refractivity (Wildman–Crippen MR) is 56.2 cm³/mol. The highest BCUT2D eigenvalue weighted by molar-refractivity contribution is 6.30. The lowest BCUT2D eigenvalue weighted by atomic mass is 10.3. The molecule has 0 aliphatic rings. The fourth-order valence-corrected chi connectivity index (χ4v) is 1.45. The molecule has 2 nitrogen and oxygen atoms in total. The van der Waals surface area contributed by atoms with Gasteiger partial charge in [0.05, 0.1) is 5.69 Å². The van der Waals surface area contributed by atoms with Crippen LogP contribution in [0.3, 0.4) is 0 Å². The molecule has 0 spiro atoms. The Balaban J connectivity index is 2.49. The van der Waals surface area contributed by atoms with Crippen molar-refractivity contribution >= 4 is 17.9 Å². The SMILES string of the molecule is O=C[13c]1[13cH][13cH][13cH]n1-c1ccc(Cl)cc1. The van der Waals surface area contributed by atoms with Gasteiger partial charge < -0.3 is 4.57 Å². The van der Waals surface area contributed by atoms with E-state index in [4.69, 9.17) is 11.6 Å². The lowest BCUT2D eigenvalue weighted by Crippen LogP contribution is -1.96. The minimum absolute atomic E-state index is 0.632. The highest BCUT2D eigenvalue weighted by Crippen LogP contribution is 2.15. The van der Waals surface area contributed by atoms with Crippen LogP contribution in [0.1, 0.15) is 10.5 Å². The fourth-order valence-electron chi connectivity index (χ4n) is 1.33. The summed E-state index contributed by atoms with van der Waals surface area (Å²) in [7, 11) is 0. The minimum Gasteiger partial charge on any atom is -0.314 e. The average molecular weight is 210 g/mol. The van der Waals surface area contributed by atoms with Crippen LogP contribution in [-0.4, -0.2) is 10.9 Å². The third-order valence-corrected chi connectivity index (χ3v) is 2.26. The lowest BCUT2D eigenvalue weighted by Gasteiger charge is -2.04. The van der Waals surface area contributed by atoms with Gasteiger partial charge in [0.2, 0.25) is 0 Å². The summed E-state index contributed by atoms with van der Waals surface area (Å²) in [4.78, 5) is 10.7. The molecule has 0 atom stereocenters. The highest BCUT2D eigenvalue weighted by Gasteiger charge is 2.00. The van der Waals surface area contributed by atoms with E-state index in [1.807, 2.05) is 29.0 Å². The number of hydrogen-bond donors (Lipinski definition) is 0. The lowest BCUT2D eigenvalue weighted by molar-refractivity contribution is 0.111. The molecule has 2 aromatic rings. The first kappa shape index (κ1) is 9.03. The van der Waals surface area contributed by atoms with Crippen molar-refractivity contribution in [3.8, 4) is 5.69 Å². The minimum atomic E-state index is 0.632. The third-order valence-electron chi connectivity index (χ3n) is 2.01. The van der Waals surface area contributed by atoms with E-state index in [9.17, 15) is 4.79 Å². The molecule has 0 aliphatic carbocycles. The normalized spacial score (nSPS) is 10.1. The van der Waals surface area contributed by atoms with Crippen LogP contribution in [0.4, 0.5) is 0 Å². The second-order valence-corrected chi connectivity index (χ2v) is 3.33. The van der Waals surface area contributed by atoms with Crippen molar-refractivity contribution in [3.05, 3.63) is 53.3 Å². The molecule has 0 aliphatic heterocycles. The monoisotopic (exact) mass is 209 g/mol. The van der Waals surface area contributed by atoms with Gasteiger partial charge >= 0.3 is 0 Å². The number of halogens is 1. The molecule has 1 aromatic heterocycles. The summed E-state index contributed by atoms with van der Waals surface area (Å²) in [5.41, 5.74) is 1.56. The Morgan fingerprint density at radius 3 is 2.50 bits per heavy atom. The largest absolute Gasteiger partial charge is 0.314 e. The average Bonchev–Trinajstić information content (AvgIpc) is 2.67. The van der Waals surface area contributed by atoms with Crippen molar-refractivity contribution in [2.24, 2.45) is 0 Å². The van der Waals surface area contributed by atoms with Gasteiger partial charge in [-0.15, -0.1) is 0 Å². The van der Waals surface area contributed by atoms with E-state index in [1.165, 1.54) is 0 Å². The van der Waals surface area contributed by atoms with E-state index in [0.29, 0.717) is 10.7 Å². The summed E-state index contributed by atoms with van der Waals surface area (Å²) in [5, 5.41) is 0.688. The molecule has 0 saturated heterocycles. The van der Waals surface area contributed by atoms with E-state index in [-0.39, 0.29) is 0 Å². The Kier molecular flexibility index (Phi) is 2.37. The van der Waals surface area contributed by atoms with Crippen LogP contribution >= 0.6 is 11.6 Å². The standard InChI is InChI=1S/C11H8ClNO/c12-9-3-5-10(6-4-9)13-7-1-2-11(13)8-14/h1-8H/i1+1,2+1,7+1,11+1. The zero-order chi connectivity index (χ0) is 9.97. The molecule has 3 heteroatoms. The van der Waals surface area contributed by atoms with Gasteiger partial charge in [-0.25, -0.2) is 0 Å². The zero-order valence-electron chi connectivity index (χ0n) is 7.35. The molecule has 0 amide bonds.